The number of thiazole rings is 1. The van der Waals surface area contributed by atoms with Gasteiger partial charge in [-0.05, 0) is 24.3 Å². The zero-order chi connectivity index (χ0) is 21.8. The summed E-state index contributed by atoms with van der Waals surface area (Å²) in [6.07, 6.45) is 3.28. The zero-order valence-electron chi connectivity index (χ0n) is 16.9. The van der Waals surface area contributed by atoms with E-state index in [1.807, 2.05) is 25.3 Å². The van der Waals surface area contributed by atoms with Crippen molar-refractivity contribution in [1.82, 2.24) is 19.5 Å². The van der Waals surface area contributed by atoms with Crippen LogP contribution in [-0.4, -0.2) is 41.0 Å². The van der Waals surface area contributed by atoms with E-state index in [2.05, 4.69) is 15.2 Å². The zero-order valence-corrected chi connectivity index (χ0v) is 19.3. The Morgan fingerprint density at radius 1 is 1.13 bits per heavy atom. The molecule has 4 rings (SSSR count). The molecule has 0 amide bonds. The van der Waals surface area contributed by atoms with E-state index >= 15 is 0 Å². The fourth-order valence-corrected chi connectivity index (χ4v) is 5.99. The largest absolute Gasteiger partial charge is 0.472 e. The lowest BCUT2D eigenvalue weighted by atomic mass is 10.2. The van der Waals surface area contributed by atoms with Crippen molar-refractivity contribution in [2.24, 2.45) is 0 Å². The Balaban J connectivity index is 1.47. The lowest BCUT2D eigenvalue weighted by Gasteiger charge is -2.18. The molecule has 0 unspecified atom stereocenters. The molecule has 8 nitrogen and oxygen atoms in total. The van der Waals surface area contributed by atoms with Crippen molar-refractivity contribution in [2.75, 3.05) is 13.1 Å². The van der Waals surface area contributed by atoms with E-state index in [1.54, 1.807) is 48.1 Å². The third-order valence-corrected chi connectivity index (χ3v) is 8.33. The summed E-state index contributed by atoms with van der Waals surface area (Å²) in [6.45, 7) is 4.44. The standard InChI is InChI=1S/C20H20N4O4S3/c1-3-24(4-2)31(25,26)17-7-5-6-14(10-17)18-22-23-20(28-18)30-13-16-12-29-19(21-16)15-8-9-27-11-15/h5-12H,3-4,13H2,1-2H3. The summed E-state index contributed by atoms with van der Waals surface area (Å²) in [6, 6.07) is 8.43. The average molecular weight is 477 g/mol. The number of nitrogens with zero attached hydrogens (tertiary/aromatic N) is 4. The van der Waals surface area contributed by atoms with Crippen molar-refractivity contribution >= 4 is 33.1 Å². The second-order valence-electron chi connectivity index (χ2n) is 6.43. The number of rotatable bonds is 9. The van der Waals surface area contributed by atoms with Crippen molar-refractivity contribution in [1.29, 1.82) is 0 Å². The maximum atomic E-state index is 12.8. The Bertz CT molecular complexity index is 1240. The predicted octanol–water partition coefficient (Wildman–Crippen LogP) is 4.78. The van der Waals surface area contributed by atoms with Crippen LogP contribution in [0.2, 0.25) is 0 Å². The normalized spacial score (nSPS) is 12.0. The number of aromatic nitrogens is 3. The number of benzene rings is 1. The van der Waals surface area contributed by atoms with Gasteiger partial charge in [-0.25, -0.2) is 13.4 Å². The first-order valence-corrected chi connectivity index (χ1v) is 12.9. The van der Waals surface area contributed by atoms with Crippen LogP contribution >= 0.6 is 23.1 Å². The van der Waals surface area contributed by atoms with Crippen LogP contribution in [0.3, 0.4) is 0 Å². The lowest BCUT2D eigenvalue weighted by molar-refractivity contribution is 0.445. The molecule has 0 aliphatic rings. The Labute approximate surface area is 188 Å². The molecule has 0 saturated carbocycles. The first-order chi connectivity index (χ1) is 15.0. The van der Waals surface area contributed by atoms with E-state index in [4.69, 9.17) is 8.83 Å². The van der Waals surface area contributed by atoms with E-state index in [-0.39, 0.29) is 10.8 Å². The highest BCUT2D eigenvalue weighted by molar-refractivity contribution is 7.98. The molecule has 162 valence electrons. The number of sulfonamides is 1. The van der Waals surface area contributed by atoms with Crippen molar-refractivity contribution in [2.45, 2.75) is 29.7 Å². The monoisotopic (exact) mass is 476 g/mol. The third-order valence-electron chi connectivity index (χ3n) is 4.49. The Kier molecular flexibility index (Phi) is 6.56. The van der Waals surface area contributed by atoms with Gasteiger partial charge in [-0.1, -0.05) is 31.7 Å². The Morgan fingerprint density at radius 3 is 2.71 bits per heavy atom. The summed E-state index contributed by atoms with van der Waals surface area (Å²) in [5.41, 5.74) is 2.41. The second-order valence-corrected chi connectivity index (χ2v) is 10.2. The molecule has 0 spiro atoms. The molecular weight excluding hydrogens is 456 g/mol. The summed E-state index contributed by atoms with van der Waals surface area (Å²) in [5.74, 6) is 0.850. The molecule has 3 aromatic heterocycles. The summed E-state index contributed by atoms with van der Waals surface area (Å²) >= 11 is 2.92. The van der Waals surface area contributed by atoms with Crippen molar-refractivity contribution in [3.8, 4) is 22.0 Å². The van der Waals surface area contributed by atoms with Gasteiger partial charge < -0.3 is 8.83 Å². The van der Waals surface area contributed by atoms with Gasteiger partial charge in [0.25, 0.3) is 5.22 Å². The van der Waals surface area contributed by atoms with Crippen LogP contribution in [-0.2, 0) is 15.8 Å². The van der Waals surface area contributed by atoms with Crippen molar-refractivity contribution in [3.05, 3.63) is 53.9 Å². The molecule has 0 N–H and O–H groups in total. The van der Waals surface area contributed by atoms with E-state index in [0.717, 1.165) is 16.3 Å². The van der Waals surface area contributed by atoms with Crippen LogP contribution in [0.25, 0.3) is 22.0 Å². The van der Waals surface area contributed by atoms with Crippen LogP contribution in [0, 0.1) is 0 Å². The van der Waals surface area contributed by atoms with E-state index in [1.165, 1.54) is 16.1 Å². The van der Waals surface area contributed by atoms with Gasteiger partial charge in [-0.3, -0.25) is 0 Å². The topological polar surface area (TPSA) is 102 Å². The SMILES string of the molecule is CCN(CC)S(=O)(=O)c1cccc(-c2nnc(SCc3csc(-c4ccoc4)n3)o2)c1. The molecule has 1 aromatic carbocycles. The molecular formula is C20H20N4O4S3. The molecule has 0 atom stereocenters. The maximum Gasteiger partial charge on any atom is 0.277 e. The molecule has 0 radical (unpaired) electrons. The van der Waals surface area contributed by atoms with Gasteiger partial charge in [0.2, 0.25) is 15.9 Å². The Morgan fingerprint density at radius 2 is 1.97 bits per heavy atom. The van der Waals surface area contributed by atoms with Crippen molar-refractivity contribution < 1.29 is 17.3 Å². The van der Waals surface area contributed by atoms with Gasteiger partial charge in [0.15, 0.2) is 0 Å². The highest BCUT2D eigenvalue weighted by Crippen LogP contribution is 2.30. The first-order valence-electron chi connectivity index (χ1n) is 9.55. The minimum atomic E-state index is -3.56. The highest BCUT2D eigenvalue weighted by Gasteiger charge is 2.22. The Hall–Kier alpha value is -2.47. The quantitative estimate of drug-likeness (QED) is 0.318. The summed E-state index contributed by atoms with van der Waals surface area (Å²) in [4.78, 5) is 4.78. The van der Waals surface area contributed by atoms with Gasteiger partial charge in [-0.15, -0.1) is 21.5 Å². The molecule has 11 heteroatoms. The first kappa shape index (κ1) is 21.8. The molecule has 3 heterocycles. The number of thioether (sulfide) groups is 1. The lowest BCUT2D eigenvalue weighted by Crippen LogP contribution is -2.30. The van der Waals surface area contributed by atoms with Gasteiger partial charge in [0.1, 0.15) is 11.3 Å². The molecule has 4 aromatic rings. The summed E-state index contributed by atoms with van der Waals surface area (Å²) in [5, 5.41) is 11.4. The van der Waals surface area contributed by atoms with E-state index < -0.39 is 10.0 Å². The van der Waals surface area contributed by atoms with E-state index in [9.17, 15) is 8.42 Å². The number of hydrogen-bond donors (Lipinski definition) is 0. The summed E-state index contributed by atoms with van der Waals surface area (Å²) < 4.78 is 37.8. The van der Waals surface area contributed by atoms with Crippen LogP contribution in [0.15, 0.2) is 67.2 Å². The minimum absolute atomic E-state index is 0.204. The average Bonchev–Trinajstić information content (AvgIpc) is 3.54. The molecule has 0 bridgehead atoms. The van der Waals surface area contributed by atoms with Gasteiger partial charge in [0, 0.05) is 35.3 Å². The number of furan rings is 1. The smallest absolute Gasteiger partial charge is 0.277 e. The van der Waals surface area contributed by atoms with E-state index in [0.29, 0.717) is 29.6 Å². The minimum Gasteiger partial charge on any atom is -0.472 e. The molecule has 31 heavy (non-hydrogen) atoms. The second kappa shape index (κ2) is 9.35. The maximum absolute atomic E-state index is 12.8. The van der Waals surface area contributed by atoms with Crippen LogP contribution in [0.5, 0.6) is 0 Å². The van der Waals surface area contributed by atoms with Crippen molar-refractivity contribution in [3.63, 3.8) is 0 Å². The van der Waals surface area contributed by atoms with Crippen LogP contribution in [0.1, 0.15) is 19.5 Å². The van der Waals surface area contributed by atoms with Gasteiger partial charge in [0.05, 0.1) is 16.9 Å². The predicted molar refractivity (Wildman–Crippen MR) is 119 cm³/mol. The fraction of sp³-hybridized carbons (Fsp3) is 0.250. The number of hydrogen-bond acceptors (Lipinski definition) is 9. The molecule has 0 aliphatic heterocycles. The van der Waals surface area contributed by atoms with Gasteiger partial charge >= 0.3 is 0 Å². The molecule has 0 fully saturated rings. The fourth-order valence-electron chi connectivity index (χ4n) is 2.91. The highest BCUT2D eigenvalue weighted by atomic mass is 32.2. The van der Waals surface area contributed by atoms with Crippen LogP contribution in [0.4, 0.5) is 0 Å². The van der Waals surface area contributed by atoms with Crippen LogP contribution < -0.4 is 0 Å². The van der Waals surface area contributed by atoms with Gasteiger partial charge in [-0.2, -0.15) is 4.31 Å². The molecule has 0 saturated heterocycles. The summed E-state index contributed by atoms with van der Waals surface area (Å²) in [7, 11) is -3.56. The molecule has 0 aliphatic carbocycles. The third kappa shape index (κ3) is 4.74.